The summed E-state index contributed by atoms with van der Waals surface area (Å²) >= 11 is 0. The molecule has 91 heavy (non-hydrogen) atoms. The van der Waals surface area contributed by atoms with Gasteiger partial charge < -0.3 is 89.9 Å². The zero-order valence-corrected chi connectivity index (χ0v) is 56.3. The number of ether oxygens (including phenoxy) is 6. The zero-order valence-electron chi connectivity index (χ0n) is 56.3. The van der Waals surface area contributed by atoms with Gasteiger partial charge in [-0.2, -0.15) is 0 Å². The minimum Gasteiger partial charge on any atom is -0.394 e. The van der Waals surface area contributed by atoms with E-state index in [4.69, 9.17) is 28.4 Å². The highest BCUT2D eigenvalue weighted by Gasteiger charge is 2.53. The molecule has 0 saturated carbocycles. The van der Waals surface area contributed by atoms with E-state index in [1.165, 1.54) is 161 Å². The van der Waals surface area contributed by atoms with Crippen LogP contribution in [-0.2, 0) is 33.2 Å². The highest BCUT2D eigenvalue weighted by atomic mass is 16.8. The number of nitrogens with one attached hydrogen (secondary N) is 1. The number of carbonyl (C=O) groups is 1. The van der Waals surface area contributed by atoms with Crippen molar-refractivity contribution in [3.63, 3.8) is 0 Å². The Morgan fingerprint density at radius 2 is 0.758 bits per heavy atom. The number of allylic oxidation sites excluding steroid dienone is 8. The first-order chi connectivity index (χ1) is 44.3. The number of aliphatic hydroxyl groups excluding tert-OH is 11. The molecular formula is C72H131NO18. The minimum absolute atomic E-state index is 0.246. The number of unbranched alkanes of at least 4 members (excludes halogenated alkanes) is 32. The van der Waals surface area contributed by atoms with Gasteiger partial charge in [-0.25, -0.2) is 0 Å². The van der Waals surface area contributed by atoms with Gasteiger partial charge in [0.1, 0.15) is 73.2 Å². The Morgan fingerprint density at radius 1 is 0.407 bits per heavy atom. The second kappa shape index (κ2) is 53.8. The van der Waals surface area contributed by atoms with Crippen molar-refractivity contribution in [1.29, 1.82) is 0 Å². The Labute approximate surface area is 548 Å². The number of hydrogen-bond acceptors (Lipinski definition) is 18. The number of aliphatic hydroxyl groups is 11. The van der Waals surface area contributed by atoms with E-state index in [0.717, 1.165) is 77.0 Å². The summed E-state index contributed by atoms with van der Waals surface area (Å²) in [6.45, 7) is 1.58. The molecule has 0 aromatic carbocycles. The summed E-state index contributed by atoms with van der Waals surface area (Å²) in [6.07, 6.45) is 39.0. The third-order valence-electron chi connectivity index (χ3n) is 18.2. The Balaban J connectivity index is 1.19. The molecule has 3 heterocycles. The highest BCUT2D eigenvalue weighted by molar-refractivity contribution is 5.76. The van der Waals surface area contributed by atoms with Crippen molar-refractivity contribution in [3.05, 3.63) is 48.6 Å². The normalized spacial score (nSPS) is 28.1. The average molecular weight is 1300 g/mol. The second-order valence-corrected chi connectivity index (χ2v) is 26.0. The quantitative estimate of drug-likeness (QED) is 0.0199. The molecule has 3 aliphatic heterocycles. The summed E-state index contributed by atoms with van der Waals surface area (Å²) in [5.74, 6) is -0.246. The van der Waals surface area contributed by atoms with Gasteiger partial charge >= 0.3 is 0 Å². The van der Waals surface area contributed by atoms with E-state index in [0.29, 0.717) is 12.8 Å². The van der Waals surface area contributed by atoms with Crippen molar-refractivity contribution in [3.8, 4) is 0 Å². The maximum absolute atomic E-state index is 13.3. The van der Waals surface area contributed by atoms with Gasteiger partial charge in [0.2, 0.25) is 5.91 Å². The molecule has 0 radical (unpaired) electrons. The largest absolute Gasteiger partial charge is 0.394 e. The molecule has 532 valence electrons. The number of amides is 1. The van der Waals surface area contributed by atoms with Crippen molar-refractivity contribution in [2.24, 2.45) is 0 Å². The molecule has 12 N–H and O–H groups in total. The summed E-state index contributed by atoms with van der Waals surface area (Å²) in [5, 5.41) is 120. The lowest BCUT2D eigenvalue weighted by atomic mass is 9.96. The van der Waals surface area contributed by atoms with Crippen molar-refractivity contribution in [1.82, 2.24) is 5.32 Å². The van der Waals surface area contributed by atoms with Crippen molar-refractivity contribution >= 4 is 5.91 Å². The molecule has 0 aromatic rings. The molecule has 0 spiro atoms. The molecule has 0 aromatic heterocycles. The summed E-state index contributed by atoms with van der Waals surface area (Å²) < 4.78 is 34.2. The Morgan fingerprint density at radius 3 is 1.19 bits per heavy atom. The smallest absolute Gasteiger partial charge is 0.220 e. The summed E-state index contributed by atoms with van der Waals surface area (Å²) in [7, 11) is 0. The first-order valence-corrected chi connectivity index (χ1v) is 36.4. The topological polar surface area (TPSA) is 307 Å². The lowest BCUT2D eigenvalue weighted by molar-refractivity contribution is -0.379. The third kappa shape index (κ3) is 35.5. The van der Waals surface area contributed by atoms with Crippen molar-refractivity contribution in [2.75, 3.05) is 26.4 Å². The first-order valence-electron chi connectivity index (χ1n) is 36.4. The van der Waals surface area contributed by atoms with E-state index in [9.17, 15) is 61.0 Å². The molecule has 17 atom stereocenters. The van der Waals surface area contributed by atoms with Crippen molar-refractivity contribution < 1.29 is 89.4 Å². The maximum Gasteiger partial charge on any atom is 0.220 e. The van der Waals surface area contributed by atoms with E-state index in [2.05, 4.69) is 67.8 Å². The van der Waals surface area contributed by atoms with Gasteiger partial charge in [-0.05, 0) is 51.4 Å². The average Bonchev–Trinajstić information content (AvgIpc) is 0.864. The van der Waals surface area contributed by atoms with Crippen molar-refractivity contribution in [2.45, 2.75) is 375 Å². The summed E-state index contributed by atoms with van der Waals surface area (Å²) in [5.41, 5.74) is 0. The van der Waals surface area contributed by atoms with Crippen LogP contribution in [0.5, 0.6) is 0 Å². The van der Waals surface area contributed by atoms with E-state index >= 15 is 0 Å². The van der Waals surface area contributed by atoms with Crippen LogP contribution in [0.15, 0.2) is 48.6 Å². The summed E-state index contributed by atoms with van der Waals surface area (Å²) in [4.78, 5) is 13.3. The van der Waals surface area contributed by atoms with Crippen LogP contribution in [0, 0.1) is 0 Å². The Bertz CT molecular complexity index is 1840. The highest BCUT2D eigenvalue weighted by Crippen LogP contribution is 2.33. The molecule has 3 fully saturated rings. The van der Waals surface area contributed by atoms with Crippen LogP contribution in [0.4, 0.5) is 0 Å². The Hall–Kier alpha value is -2.25. The number of carbonyl (C=O) groups excluding carboxylic acids is 1. The van der Waals surface area contributed by atoms with Gasteiger partial charge in [0.05, 0.1) is 38.6 Å². The molecule has 0 bridgehead atoms. The van der Waals surface area contributed by atoms with E-state index in [-0.39, 0.29) is 18.9 Å². The monoisotopic (exact) mass is 1300 g/mol. The molecule has 3 aliphatic rings. The van der Waals surface area contributed by atoms with Gasteiger partial charge in [-0.15, -0.1) is 0 Å². The predicted octanol–water partition coefficient (Wildman–Crippen LogP) is 10.2. The third-order valence-corrected chi connectivity index (χ3v) is 18.2. The van der Waals surface area contributed by atoms with Gasteiger partial charge in [0.25, 0.3) is 0 Å². The SMILES string of the molecule is CC/C=C\C/C=C\C/C=C\C/C=C\CCCCCCCCCCCCCCCCCCCCCCCCCCCCCCC(=O)NC(COC1OC(CO)C(OC2OC(CO)C(OC3OC(CO)C(O)C(O)C3O)C(O)C2O)C(O)C1O)C(O)CCCCCCC. The number of hydrogen-bond donors (Lipinski definition) is 12. The standard InChI is InChI=1S/C72H131NO18/c1-3-5-7-9-10-11-12-13-14-15-16-17-18-19-20-21-22-23-24-25-26-27-28-29-30-31-32-33-34-35-36-37-38-39-40-41-42-43-44-46-48-50-60(78)73-55(56(77)49-47-45-8-6-4-2)54-86-70-66(84)63(81)68(58(52-75)88-70)91-72-67(85)64(82)69(59(53-76)89-72)90-71-65(83)62(80)61(79)57(51-74)87-71/h5,7,10-11,13-14,16-17,55-59,61-72,74-77,79-85H,3-4,6,8-9,12,15,18-54H2,1-2H3,(H,73,78)/b7-5-,11-10-,14-13-,17-16-. The summed E-state index contributed by atoms with van der Waals surface area (Å²) in [6, 6.07) is -0.881. The van der Waals surface area contributed by atoms with Crippen LogP contribution < -0.4 is 5.32 Å². The van der Waals surface area contributed by atoms with Crippen LogP contribution in [-0.4, -0.2) is 193 Å². The van der Waals surface area contributed by atoms with Gasteiger partial charge in [-0.3, -0.25) is 4.79 Å². The fraction of sp³-hybridized carbons (Fsp3) is 0.875. The second-order valence-electron chi connectivity index (χ2n) is 26.0. The van der Waals surface area contributed by atoms with Crippen LogP contribution in [0.3, 0.4) is 0 Å². The van der Waals surface area contributed by atoms with Crippen LogP contribution in [0.2, 0.25) is 0 Å². The Kier molecular flexibility index (Phi) is 49.1. The molecule has 19 nitrogen and oxygen atoms in total. The number of rotatable bonds is 56. The van der Waals surface area contributed by atoms with Gasteiger partial charge in [0, 0.05) is 6.42 Å². The lowest BCUT2D eigenvalue weighted by Crippen LogP contribution is -2.66. The maximum atomic E-state index is 13.3. The lowest BCUT2D eigenvalue weighted by Gasteiger charge is -2.48. The molecule has 17 unspecified atom stereocenters. The van der Waals surface area contributed by atoms with E-state index < -0.39 is 124 Å². The fourth-order valence-electron chi connectivity index (χ4n) is 12.3. The van der Waals surface area contributed by atoms with Gasteiger partial charge in [-0.1, -0.05) is 262 Å². The zero-order chi connectivity index (χ0) is 66.1. The first kappa shape index (κ1) is 83.0. The molecule has 1 amide bonds. The van der Waals surface area contributed by atoms with Crippen LogP contribution in [0.25, 0.3) is 0 Å². The van der Waals surface area contributed by atoms with E-state index in [1.807, 2.05) is 0 Å². The van der Waals surface area contributed by atoms with Gasteiger partial charge in [0.15, 0.2) is 18.9 Å². The predicted molar refractivity (Wildman–Crippen MR) is 356 cm³/mol. The molecule has 0 aliphatic carbocycles. The molecular weight excluding hydrogens is 1170 g/mol. The van der Waals surface area contributed by atoms with Crippen LogP contribution >= 0.6 is 0 Å². The van der Waals surface area contributed by atoms with E-state index in [1.54, 1.807) is 0 Å². The fourth-order valence-corrected chi connectivity index (χ4v) is 12.3. The van der Waals surface area contributed by atoms with Crippen LogP contribution in [0.1, 0.15) is 271 Å². The molecule has 19 heteroatoms. The molecule has 3 rings (SSSR count). The molecule has 3 saturated heterocycles. The minimum atomic E-state index is -1.97.